The minimum absolute atomic E-state index is 0.0713. The van der Waals surface area contributed by atoms with Crippen LogP contribution in [0.15, 0.2) is 40.1 Å². The lowest BCUT2D eigenvalue weighted by Gasteiger charge is -2.02. The van der Waals surface area contributed by atoms with Crippen molar-refractivity contribution in [3.8, 4) is 0 Å². The average molecular weight is 274 g/mol. The van der Waals surface area contributed by atoms with Crippen LogP contribution in [-0.2, 0) is 15.6 Å². The molecule has 6 heteroatoms. The highest BCUT2D eigenvalue weighted by molar-refractivity contribution is 7.90. The molecular weight excluding hydrogens is 266 g/mol. The van der Waals surface area contributed by atoms with Crippen LogP contribution in [0.5, 0.6) is 0 Å². The molecule has 0 saturated heterocycles. The van der Waals surface area contributed by atoms with Crippen molar-refractivity contribution in [1.82, 2.24) is 4.98 Å². The van der Waals surface area contributed by atoms with Gasteiger partial charge in [0.2, 0.25) is 0 Å². The zero-order valence-electron chi connectivity index (χ0n) is 8.13. The molecule has 0 atom stereocenters. The highest BCUT2D eigenvalue weighted by atomic mass is 35.5. The van der Waals surface area contributed by atoms with Crippen molar-refractivity contribution in [3.63, 3.8) is 0 Å². The second-order valence-corrected chi connectivity index (χ2v) is 6.34. The zero-order chi connectivity index (χ0) is 11.6. The molecule has 1 aromatic heterocycles. The van der Waals surface area contributed by atoms with E-state index in [9.17, 15) is 8.42 Å². The Morgan fingerprint density at radius 2 is 1.94 bits per heavy atom. The third-order valence-corrected chi connectivity index (χ3v) is 4.55. The zero-order valence-corrected chi connectivity index (χ0v) is 10.5. The predicted molar refractivity (Wildman–Crippen MR) is 64.5 cm³/mol. The summed E-state index contributed by atoms with van der Waals surface area (Å²) in [6.07, 6.45) is 0. The SMILES string of the molecule is O=S(=O)(Cc1cscn1)c1ccc(Cl)cc1. The summed E-state index contributed by atoms with van der Waals surface area (Å²) in [4.78, 5) is 4.23. The minimum Gasteiger partial charge on any atom is -0.249 e. The van der Waals surface area contributed by atoms with Crippen molar-refractivity contribution in [2.24, 2.45) is 0 Å². The number of hydrogen-bond donors (Lipinski definition) is 0. The molecule has 3 nitrogen and oxygen atoms in total. The first-order valence-electron chi connectivity index (χ1n) is 4.43. The van der Waals surface area contributed by atoms with Gasteiger partial charge in [0.15, 0.2) is 9.84 Å². The van der Waals surface area contributed by atoms with E-state index >= 15 is 0 Å². The minimum atomic E-state index is -3.31. The van der Waals surface area contributed by atoms with Gasteiger partial charge in [0.05, 0.1) is 21.9 Å². The Bertz CT molecular complexity index is 561. The largest absolute Gasteiger partial charge is 0.249 e. The van der Waals surface area contributed by atoms with Crippen LogP contribution in [0.2, 0.25) is 5.02 Å². The van der Waals surface area contributed by atoms with Crippen molar-refractivity contribution in [2.45, 2.75) is 10.6 Å². The molecule has 0 saturated carbocycles. The molecule has 1 heterocycles. The molecule has 1 aromatic carbocycles. The van der Waals surface area contributed by atoms with Crippen LogP contribution in [0.25, 0.3) is 0 Å². The molecule has 0 aliphatic carbocycles. The van der Waals surface area contributed by atoms with Gasteiger partial charge in [-0.05, 0) is 24.3 Å². The lowest BCUT2D eigenvalue weighted by atomic mass is 10.4. The van der Waals surface area contributed by atoms with Gasteiger partial charge in [0, 0.05) is 10.4 Å². The van der Waals surface area contributed by atoms with Crippen LogP contribution < -0.4 is 0 Å². The normalized spacial score (nSPS) is 11.6. The molecule has 0 bridgehead atoms. The smallest absolute Gasteiger partial charge is 0.184 e. The predicted octanol–water partition coefficient (Wildman–Crippen LogP) is 2.77. The van der Waals surface area contributed by atoms with Crippen molar-refractivity contribution < 1.29 is 8.42 Å². The summed E-state index contributed by atoms with van der Waals surface area (Å²) in [5.41, 5.74) is 2.19. The Morgan fingerprint density at radius 1 is 1.25 bits per heavy atom. The second kappa shape index (κ2) is 4.53. The molecule has 0 radical (unpaired) electrons. The molecular formula is C10H8ClNO2S2. The fourth-order valence-corrected chi connectivity index (χ4v) is 3.28. The van der Waals surface area contributed by atoms with Crippen LogP contribution in [0.1, 0.15) is 5.69 Å². The van der Waals surface area contributed by atoms with E-state index in [-0.39, 0.29) is 10.6 Å². The van der Waals surface area contributed by atoms with Crippen LogP contribution in [-0.4, -0.2) is 13.4 Å². The first-order valence-corrected chi connectivity index (χ1v) is 7.40. The highest BCUT2D eigenvalue weighted by Gasteiger charge is 2.16. The van der Waals surface area contributed by atoms with Gasteiger partial charge >= 0.3 is 0 Å². The van der Waals surface area contributed by atoms with E-state index in [0.717, 1.165) is 0 Å². The Labute approximate surface area is 103 Å². The molecule has 2 aromatic rings. The Morgan fingerprint density at radius 3 is 2.50 bits per heavy atom. The van der Waals surface area contributed by atoms with Crippen LogP contribution in [0.4, 0.5) is 0 Å². The van der Waals surface area contributed by atoms with Crippen molar-refractivity contribution in [1.29, 1.82) is 0 Å². The summed E-state index contributed by atoms with van der Waals surface area (Å²) < 4.78 is 23.9. The maximum atomic E-state index is 11.9. The summed E-state index contributed by atoms with van der Waals surface area (Å²) in [5, 5.41) is 2.25. The van der Waals surface area contributed by atoms with Crippen LogP contribution in [0, 0.1) is 0 Å². The summed E-state index contributed by atoms with van der Waals surface area (Å²) in [5.74, 6) is -0.0713. The van der Waals surface area contributed by atoms with Gasteiger partial charge in [-0.25, -0.2) is 13.4 Å². The number of benzene rings is 1. The fourth-order valence-electron chi connectivity index (χ4n) is 1.23. The molecule has 0 spiro atoms. The van der Waals surface area contributed by atoms with Crippen molar-refractivity contribution >= 4 is 32.8 Å². The average Bonchev–Trinajstić information content (AvgIpc) is 2.70. The number of nitrogens with zero attached hydrogens (tertiary/aromatic N) is 1. The molecule has 0 N–H and O–H groups in total. The number of halogens is 1. The fraction of sp³-hybridized carbons (Fsp3) is 0.100. The first kappa shape index (κ1) is 11.6. The summed E-state index contributed by atoms with van der Waals surface area (Å²) >= 11 is 7.08. The maximum Gasteiger partial charge on any atom is 0.184 e. The highest BCUT2D eigenvalue weighted by Crippen LogP contribution is 2.18. The summed E-state index contributed by atoms with van der Waals surface area (Å²) in [6, 6.07) is 6.14. The number of aromatic nitrogens is 1. The monoisotopic (exact) mass is 273 g/mol. The van der Waals surface area contributed by atoms with Gasteiger partial charge in [-0.2, -0.15) is 0 Å². The Balaban J connectivity index is 2.29. The van der Waals surface area contributed by atoms with Gasteiger partial charge in [0.25, 0.3) is 0 Å². The first-order chi connectivity index (χ1) is 7.58. The third kappa shape index (κ3) is 2.61. The molecule has 0 unspecified atom stereocenters. The molecule has 2 rings (SSSR count). The molecule has 0 aliphatic heterocycles. The molecule has 84 valence electrons. The van der Waals surface area contributed by atoms with Gasteiger partial charge in [-0.15, -0.1) is 11.3 Å². The van der Waals surface area contributed by atoms with Gasteiger partial charge in [0.1, 0.15) is 0 Å². The lowest BCUT2D eigenvalue weighted by molar-refractivity contribution is 0.595. The van der Waals surface area contributed by atoms with E-state index in [2.05, 4.69) is 4.98 Å². The van der Waals surface area contributed by atoms with E-state index in [1.807, 2.05) is 0 Å². The Kier molecular flexibility index (Phi) is 3.28. The van der Waals surface area contributed by atoms with E-state index in [1.165, 1.54) is 23.5 Å². The number of rotatable bonds is 3. The number of hydrogen-bond acceptors (Lipinski definition) is 4. The summed E-state index contributed by atoms with van der Waals surface area (Å²) in [6.45, 7) is 0. The Hall–Kier alpha value is -0.910. The van der Waals surface area contributed by atoms with Crippen LogP contribution in [0.3, 0.4) is 0 Å². The number of thiazole rings is 1. The molecule has 0 amide bonds. The lowest BCUT2D eigenvalue weighted by Crippen LogP contribution is -2.04. The van der Waals surface area contributed by atoms with Crippen LogP contribution >= 0.6 is 22.9 Å². The van der Waals surface area contributed by atoms with Gasteiger partial charge in [-0.3, -0.25) is 0 Å². The molecule has 16 heavy (non-hydrogen) atoms. The van der Waals surface area contributed by atoms with Gasteiger partial charge in [-0.1, -0.05) is 11.6 Å². The van der Waals surface area contributed by atoms with E-state index in [4.69, 9.17) is 11.6 Å². The van der Waals surface area contributed by atoms with Crippen molar-refractivity contribution in [2.75, 3.05) is 0 Å². The molecule has 0 aliphatic rings. The number of sulfone groups is 1. The molecule has 0 fully saturated rings. The van der Waals surface area contributed by atoms with E-state index in [0.29, 0.717) is 10.7 Å². The third-order valence-electron chi connectivity index (χ3n) is 1.99. The summed E-state index contributed by atoms with van der Waals surface area (Å²) in [7, 11) is -3.31. The standard InChI is InChI=1S/C10H8ClNO2S2/c11-8-1-3-10(4-2-8)16(13,14)6-9-5-15-7-12-9/h1-5,7H,6H2. The topological polar surface area (TPSA) is 47.0 Å². The second-order valence-electron chi connectivity index (χ2n) is 3.19. The van der Waals surface area contributed by atoms with Gasteiger partial charge < -0.3 is 0 Å². The van der Waals surface area contributed by atoms with E-state index < -0.39 is 9.84 Å². The maximum absolute atomic E-state index is 11.9. The quantitative estimate of drug-likeness (QED) is 0.864. The van der Waals surface area contributed by atoms with E-state index in [1.54, 1.807) is 23.0 Å². The van der Waals surface area contributed by atoms with Crippen molar-refractivity contribution in [3.05, 3.63) is 45.9 Å².